The number of ether oxygens (including phenoxy) is 1. The molecular weight excluding hydrogens is 310 g/mol. The molecule has 2 unspecified atom stereocenters. The van der Waals surface area contributed by atoms with E-state index < -0.39 is 0 Å². The molecule has 1 amide bonds. The molecule has 0 saturated carbocycles. The Kier molecular flexibility index (Phi) is 5.34. The van der Waals surface area contributed by atoms with Crippen LogP contribution in [0, 0.1) is 0 Å². The second-order valence-electron chi connectivity index (χ2n) is 6.91. The molecule has 2 atom stereocenters. The molecule has 5 nitrogen and oxygen atoms in total. The van der Waals surface area contributed by atoms with Gasteiger partial charge in [0, 0.05) is 18.0 Å². The number of fused-ring (bicyclic) bond motifs is 1. The lowest BCUT2D eigenvalue weighted by Crippen LogP contribution is -2.50. The van der Waals surface area contributed by atoms with Gasteiger partial charge in [-0.15, -0.1) is 11.3 Å². The molecule has 0 radical (unpaired) electrons. The average molecular weight is 337 g/mol. The number of aromatic nitrogens is 1. The van der Waals surface area contributed by atoms with Gasteiger partial charge in [-0.1, -0.05) is 0 Å². The van der Waals surface area contributed by atoms with Gasteiger partial charge >= 0.3 is 0 Å². The third-order valence-electron chi connectivity index (χ3n) is 4.47. The van der Waals surface area contributed by atoms with Crippen molar-refractivity contribution in [3.05, 3.63) is 15.6 Å². The lowest BCUT2D eigenvalue weighted by atomic mass is 10.0. The highest BCUT2D eigenvalue weighted by Crippen LogP contribution is 2.27. The molecule has 1 fully saturated rings. The van der Waals surface area contributed by atoms with Crippen LogP contribution in [0.15, 0.2) is 0 Å². The van der Waals surface area contributed by atoms with Gasteiger partial charge in [0.1, 0.15) is 5.01 Å². The van der Waals surface area contributed by atoms with Crippen LogP contribution in [-0.4, -0.2) is 59.6 Å². The molecule has 1 saturated heterocycles. The summed E-state index contributed by atoms with van der Waals surface area (Å²) in [7, 11) is 2.01. The second kappa shape index (κ2) is 7.28. The van der Waals surface area contributed by atoms with Gasteiger partial charge in [0.25, 0.3) is 0 Å². The summed E-state index contributed by atoms with van der Waals surface area (Å²) in [5, 5.41) is 1.15. The van der Waals surface area contributed by atoms with E-state index in [-0.39, 0.29) is 18.1 Å². The fourth-order valence-electron chi connectivity index (χ4n) is 3.47. The highest BCUT2D eigenvalue weighted by atomic mass is 32.1. The first-order chi connectivity index (χ1) is 11.0. The van der Waals surface area contributed by atoms with Crippen molar-refractivity contribution in [3.8, 4) is 0 Å². The number of thiazole rings is 1. The number of aryl methyl sites for hydroxylation is 2. The Morgan fingerprint density at radius 2 is 2.00 bits per heavy atom. The zero-order valence-corrected chi connectivity index (χ0v) is 15.2. The van der Waals surface area contributed by atoms with E-state index in [1.807, 2.05) is 37.1 Å². The monoisotopic (exact) mass is 337 g/mol. The van der Waals surface area contributed by atoms with Crippen molar-refractivity contribution in [2.24, 2.45) is 0 Å². The van der Waals surface area contributed by atoms with Gasteiger partial charge in [-0.25, -0.2) is 4.98 Å². The zero-order chi connectivity index (χ0) is 16.4. The number of rotatable bonds is 4. The van der Waals surface area contributed by atoms with Crippen LogP contribution in [0.3, 0.4) is 0 Å². The summed E-state index contributed by atoms with van der Waals surface area (Å²) in [6.07, 6.45) is 5.10. The maximum atomic E-state index is 12.5. The van der Waals surface area contributed by atoms with Crippen molar-refractivity contribution in [2.75, 3.05) is 26.7 Å². The zero-order valence-electron chi connectivity index (χ0n) is 14.4. The van der Waals surface area contributed by atoms with Crippen molar-refractivity contribution in [3.63, 3.8) is 0 Å². The lowest BCUT2D eigenvalue weighted by molar-refractivity contribution is -0.144. The van der Waals surface area contributed by atoms with E-state index in [9.17, 15) is 4.79 Å². The lowest BCUT2D eigenvalue weighted by Gasteiger charge is -2.36. The van der Waals surface area contributed by atoms with Gasteiger partial charge in [0.2, 0.25) is 5.91 Å². The maximum Gasteiger partial charge on any atom is 0.236 e. The minimum Gasteiger partial charge on any atom is -0.372 e. The van der Waals surface area contributed by atoms with Gasteiger partial charge in [0.05, 0.1) is 31.0 Å². The SMILES string of the molecule is CC1CN(C(=O)CN(C)Cc2nc3c(s2)CCCC3)CC(C)O1. The number of hydrogen-bond acceptors (Lipinski definition) is 5. The number of carbonyl (C=O) groups excluding carboxylic acids is 1. The Bertz CT molecular complexity index is 527. The third-order valence-corrected chi connectivity index (χ3v) is 5.61. The summed E-state index contributed by atoms with van der Waals surface area (Å²) in [6.45, 7) is 6.66. The van der Waals surface area contributed by atoms with Crippen LogP contribution in [0.4, 0.5) is 0 Å². The minimum absolute atomic E-state index is 0.124. The molecule has 1 aromatic heterocycles. The van der Waals surface area contributed by atoms with Crippen LogP contribution in [-0.2, 0) is 28.9 Å². The molecule has 6 heteroatoms. The average Bonchev–Trinajstić information content (AvgIpc) is 2.87. The van der Waals surface area contributed by atoms with Gasteiger partial charge in [-0.05, 0) is 46.6 Å². The van der Waals surface area contributed by atoms with Crippen LogP contribution in [0.2, 0.25) is 0 Å². The first-order valence-electron chi connectivity index (χ1n) is 8.60. The van der Waals surface area contributed by atoms with Crippen LogP contribution in [0.1, 0.15) is 42.3 Å². The Hall–Kier alpha value is -0.980. The third kappa shape index (κ3) is 4.31. The number of hydrogen-bond donors (Lipinski definition) is 0. The van der Waals surface area contributed by atoms with Crippen LogP contribution in [0.5, 0.6) is 0 Å². The number of likely N-dealkylation sites (N-methyl/N-ethyl adjacent to an activating group) is 1. The standard InChI is InChI=1S/C17H27N3O2S/c1-12-8-20(9-13(2)22-12)17(21)11-19(3)10-16-18-14-6-4-5-7-15(14)23-16/h12-13H,4-11H2,1-3H3. The molecule has 1 aromatic rings. The quantitative estimate of drug-likeness (QED) is 0.844. The minimum atomic E-state index is 0.124. The van der Waals surface area contributed by atoms with E-state index in [0.717, 1.165) is 18.0 Å². The first kappa shape index (κ1) is 16.9. The molecule has 0 aromatic carbocycles. The van der Waals surface area contributed by atoms with Gasteiger partial charge in [0.15, 0.2) is 0 Å². The van der Waals surface area contributed by atoms with Crippen molar-refractivity contribution in [1.82, 2.24) is 14.8 Å². The molecule has 2 aliphatic rings. The fourth-order valence-corrected chi connectivity index (χ4v) is 4.71. The number of nitrogens with zero attached hydrogens (tertiary/aromatic N) is 3. The molecular formula is C17H27N3O2S. The summed E-state index contributed by atoms with van der Waals surface area (Å²) in [5.74, 6) is 0.191. The molecule has 3 rings (SSSR count). The summed E-state index contributed by atoms with van der Waals surface area (Å²) in [4.78, 5) is 22.7. The molecule has 2 heterocycles. The van der Waals surface area contributed by atoms with Crippen molar-refractivity contribution < 1.29 is 9.53 Å². The van der Waals surface area contributed by atoms with Crippen molar-refractivity contribution >= 4 is 17.2 Å². The summed E-state index contributed by atoms with van der Waals surface area (Å²) in [6, 6.07) is 0. The van der Waals surface area contributed by atoms with Crippen LogP contribution >= 0.6 is 11.3 Å². The Labute approximate surface area is 142 Å². The number of morpholine rings is 1. The smallest absolute Gasteiger partial charge is 0.236 e. The number of amides is 1. The van der Waals surface area contributed by atoms with E-state index in [1.54, 1.807) is 0 Å². The second-order valence-corrected chi connectivity index (χ2v) is 8.08. The highest BCUT2D eigenvalue weighted by Gasteiger charge is 2.26. The Morgan fingerprint density at radius 1 is 1.30 bits per heavy atom. The molecule has 0 spiro atoms. The van der Waals surface area contributed by atoms with Crippen molar-refractivity contribution in [1.29, 1.82) is 0 Å². The van der Waals surface area contributed by atoms with Gasteiger partial charge < -0.3 is 9.64 Å². The van der Waals surface area contributed by atoms with Crippen LogP contribution in [0.25, 0.3) is 0 Å². The number of carbonyl (C=O) groups is 1. The summed E-state index contributed by atoms with van der Waals surface area (Å²) in [5.41, 5.74) is 1.30. The highest BCUT2D eigenvalue weighted by molar-refractivity contribution is 7.11. The van der Waals surface area contributed by atoms with E-state index in [4.69, 9.17) is 9.72 Å². The van der Waals surface area contributed by atoms with Gasteiger partial charge in [-0.2, -0.15) is 0 Å². The fraction of sp³-hybridized carbons (Fsp3) is 0.765. The summed E-state index contributed by atoms with van der Waals surface area (Å²) >= 11 is 1.83. The Morgan fingerprint density at radius 3 is 2.70 bits per heavy atom. The maximum absolute atomic E-state index is 12.5. The van der Waals surface area contributed by atoms with E-state index in [0.29, 0.717) is 19.6 Å². The van der Waals surface area contributed by atoms with Crippen LogP contribution < -0.4 is 0 Å². The topological polar surface area (TPSA) is 45.7 Å². The molecule has 0 bridgehead atoms. The van der Waals surface area contributed by atoms with Crippen molar-refractivity contribution in [2.45, 2.75) is 58.3 Å². The largest absolute Gasteiger partial charge is 0.372 e. The summed E-state index contributed by atoms with van der Waals surface area (Å²) < 4.78 is 5.70. The molecule has 0 N–H and O–H groups in total. The molecule has 23 heavy (non-hydrogen) atoms. The van der Waals surface area contributed by atoms with E-state index in [1.165, 1.54) is 29.8 Å². The predicted octanol–water partition coefficient (Wildman–Crippen LogP) is 2.09. The Balaban J connectivity index is 1.53. The molecule has 1 aliphatic heterocycles. The van der Waals surface area contributed by atoms with E-state index >= 15 is 0 Å². The normalized spacial score (nSPS) is 24.8. The first-order valence-corrected chi connectivity index (χ1v) is 9.42. The van der Waals surface area contributed by atoms with E-state index in [2.05, 4.69) is 4.90 Å². The molecule has 128 valence electrons. The van der Waals surface area contributed by atoms with Gasteiger partial charge in [-0.3, -0.25) is 9.69 Å². The predicted molar refractivity (Wildman–Crippen MR) is 91.7 cm³/mol. The molecule has 1 aliphatic carbocycles.